The number of methoxy groups -OCH3 is 1. The fourth-order valence-electron chi connectivity index (χ4n) is 4.57. The first-order valence-electron chi connectivity index (χ1n) is 11.0. The lowest BCUT2D eigenvalue weighted by atomic mass is 9.81. The van der Waals surface area contributed by atoms with Crippen LogP contribution in [0.4, 0.5) is 13.6 Å². The van der Waals surface area contributed by atoms with Crippen LogP contribution in [0.5, 0.6) is 0 Å². The molecule has 0 aromatic heterocycles. The standard InChI is InChI=1S/C22H36F2N2O5/c1-13(2)15-9-12-26(17(15)19(28)30-6)18(27)16(25-20(29)31-21(3,4)5)14-7-10-22(23,24)11-8-14/h13-17H,7-12H2,1-6H3,(H,25,29)/t15-,16-,17?/m0/s1. The molecule has 31 heavy (non-hydrogen) atoms. The zero-order valence-electron chi connectivity index (χ0n) is 19.4. The van der Waals surface area contributed by atoms with E-state index in [1.807, 2.05) is 13.8 Å². The number of alkyl halides is 2. The summed E-state index contributed by atoms with van der Waals surface area (Å²) in [6.45, 7) is 9.40. The number of amides is 2. The van der Waals surface area contributed by atoms with Crippen LogP contribution in [0, 0.1) is 17.8 Å². The highest BCUT2D eigenvalue weighted by atomic mass is 19.3. The zero-order chi connectivity index (χ0) is 23.6. The highest BCUT2D eigenvalue weighted by Gasteiger charge is 2.48. The van der Waals surface area contributed by atoms with E-state index in [-0.39, 0.29) is 37.5 Å². The largest absolute Gasteiger partial charge is 0.467 e. The second kappa shape index (κ2) is 9.69. The average molecular weight is 447 g/mol. The smallest absolute Gasteiger partial charge is 0.408 e. The summed E-state index contributed by atoms with van der Waals surface area (Å²) < 4.78 is 37.7. The van der Waals surface area contributed by atoms with E-state index >= 15 is 0 Å². The van der Waals surface area contributed by atoms with Gasteiger partial charge in [-0.15, -0.1) is 0 Å². The molecule has 0 radical (unpaired) electrons. The molecule has 1 saturated carbocycles. The second-order valence-electron chi connectivity index (χ2n) is 10.0. The van der Waals surface area contributed by atoms with Crippen LogP contribution >= 0.6 is 0 Å². The lowest BCUT2D eigenvalue weighted by Crippen LogP contribution is -2.57. The Morgan fingerprint density at radius 3 is 2.16 bits per heavy atom. The van der Waals surface area contributed by atoms with E-state index in [9.17, 15) is 23.2 Å². The van der Waals surface area contributed by atoms with Gasteiger partial charge in [-0.1, -0.05) is 13.8 Å². The Labute approximate surface area is 183 Å². The van der Waals surface area contributed by atoms with Gasteiger partial charge in [0.25, 0.3) is 0 Å². The van der Waals surface area contributed by atoms with E-state index in [4.69, 9.17) is 9.47 Å². The first-order chi connectivity index (χ1) is 14.3. The number of alkyl carbamates (subject to hydrolysis) is 1. The molecule has 0 aromatic rings. The molecule has 1 saturated heterocycles. The lowest BCUT2D eigenvalue weighted by Gasteiger charge is -2.37. The van der Waals surface area contributed by atoms with Crippen molar-refractivity contribution in [3.05, 3.63) is 0 Å². The van der Waals surface area contributed by atoms with Crippen molar-refractivity contribution in [1.29, 1.82) is 0 Å². The third-order valence-electron chi connectivity index (χ3n) is 6.20. The summed E-state index contributed by atoms with van der Waals surface area (Å²) in [7, 11) is 1.28. The molecule has 3 atom stereocenters. The number of hydrogen-bond acceptors (Lipinski definition) is 5. The van der Waals surface area contributed by atoms with Gasteiger partial charge in [-0.05, 0) is 57.8 Å². The first kappa shape index (κ1) is 25.3. The third kappa shape index (κ3) is 6.53. The average Bonchev–Trinajstić information content (AvgIpc) is 3.09. The Balaban J connectivity index is 2.28. The van der Waals surface area contributed by atoms with Crippen molar-refractivity contribution in [3.63, 3.8) is 0 Å². The van der Waals surface area contributed by atoms with Crippen molar-refractivity contribution in [2.24, 2.45) is 17.8 Å². The summed E-state index contributed by atoms with van der Waals surface area (Å²) in [5.74, 6) is -4.10. The number of hydrogen-bond donors (Lipinski definition) is 1. The summed E-state index contributed by atoms with van der Waals surface area (Å²) in [5.41, 5.74) is -0.776. The monoisotopic (exact) mass is 446 g/mol. The Morgan fingerprint density at radius 2 is 1.68 bits per heavy atom. The molecule has 1 aliphatic heterocycles. The zero-order valence-corrected chi connectivity index (χ0v) is 19.4. The molecule has 2 rings (SSSR count). The van der Waals surface area contributed by atoms with Crippen LogP contribution in [0.3, 0.4) is 0 Å². The number of nitrogens with zero attached hydrogens (tertiary/aromatic N) is 1. The van der Waals surface area contributed by atoms with Gasteiger partial charge < -0.3 is 19.7 Å². The van der Waals surface area contributed by atoms with Crippen LogP contribution in [-0.2, 0) is 19.1 Å². The van der Waals surface area contributed by atoms with Crippen LogP contribution in [0.25, 0.3) is 0 Å². The number of halogens is 2. The molecule has 0 bridgehead atoms. The van der Waals surface area contributed by atoms with Gasteiger partial charge in [0.2, 0.25) is 11.8 Å². The maximum absolute atomic E-state index is 13.7. The van der Waals surface area contributed by atoms with E-state index in [1.165, 1.54) is 12.0 Å². The molecule has 9 heteroatoms. The summed E-state index contributed by atoms with van der Waals surface area (Å²) >= 11 is 0. The predicted molar refractivity (Wildman–Crippen MR) is 111 cm³/mol. The van der Waals surface area contributed by atoms with E-state index in [2.05, 4.69) is 5.32 Å². The lowest BCUT2D eigenvalue weighted by molar-refractivity contribution is -0.154. The summed E-state index contributed by atoms with van der Waals surface area (Å²) in [5, 5.41) is 2.62. The van der Waals surface area contributed by atoms with Gasteiger partial charge in [0.15, 0.2) is 0 Å². The normalized spacial score (nSPS) is 25.3. The Morgan fingerprint density at radius 1 is 1.10 bits per heavy atom. The number of carbonyl (C=O) groups excluding carboxylic acids is 3. The molecule has 1 N–H and O–H groups in total. The SMILES string of the molecule is COC(=O)C1[C@H](C(C)C)CCN1C(=O)[C@@H](NC(=O)OC(C)(C)C)C1CCC(F)(F)CC1. The van der Waals surface area contributed by atoms with E-state index in [0.717, 1.165) is 0 Å². The minimum atomic E-state index is -2.76. The summed E-state index contributed by atoms with van der Waals surface area (Å²) in [6, 6.07) is -1.80. The van der Waals surface area contributed by atoms with Crippen molar-refractivity contribution >= 4 is 18.0 Å². The molecule has 2 amide bonds. The van der Waals surface area contributed by atoms with E-state index < -0.39 is 47.5 Å². The van der Waals surface area contributed by atoms with Gasteiger partial charge >= 0.3 is 12.1 Å². The third-order valence-corrected chi connectivity index (χ3v) is 6.20. The molecule has 1 aliphatic carbocycles. The van der Waals surface area contributed by atoms with Crippen molar-refractivity contribution in [2.45, 2.75) is 90.3 Å². The van der Waals surface area contributed by atoms with Crippen LogP contribution in [-0.4, -0.2) is 60.1 Å². The highest BCUT2D eigenvalue weighted by molar-refractivity contribution is 5.90. The van der Waals surface area contributed by atoms with Gasteiger partial charge in [-0.3, -0.25) is 4.79 Å². The van der Waals surface area contributed by atoms with Crippen molar-refractivity contribution in [2.75, 3.05) is 13.7 Å². The summed E-state index contributed by atoms with van der Waals surface area (Å²) in [6.07, 6.45) is -0.630. The van der Waals surface area contributed by atoms with Crippen LogP contribution in [0.2, 0.25) is 0 Å². The fourth-order valence-corrected chi connectivity index (χ4v) is 4.57. The number of likely N-dealkylation sites (tertiary alicyclic amines) is 1. The number of carbonyl (C=O) groups is 3. The molecule has 2 aliphatic rings. The molecule has 1 heterocycles. The summed E-state index contributed by atoms with van der Waals surface area (Å²) in [4.78, 5) is 40.0. The maximum Gasteiger partial charge on any atom is 0.408 e. The topological polar surface area (TPSA) is 84.9 Å². The van der Waals surface area contributed by atoms with Crippen molar-refractivity contribution in [1.82, 2.24) is 10.2 Å². The van der Waals surface area contributed by atoms with Crippen molar-refractivity contribution < 1.29 is 32.6 Å². The molecular formula is C22H36F2N2O5. The van der Waals surface area contributed by atoms with Gasteiger partial charge in [-0.2, -0.15) is 0 Å². The molecular weight excluding hydrogens is 410 g/mol. The van der Waals surface area contributed by atoms with Gasteiger partial charge in [0, 0.05) is 19.4 Å². The molecule has 7 nitrogen and oxygen atoms in total. The molecule has 0 spiro atoms. The molecule has 2 fully saturated rings. The predicted octanol–water partition coefficient (Wildman–Crippen LogP) is 3.75. The number of nitrogens with one attached hydrogen (secondary N) is 1. The van der Waals surface area contributed by atoms with E-state index in [1.54, 1.807) is 20.8 Å². The minimum absolute atomic E-state index is 0.0748. The Bertz CT molecular complexity index is 667. The van der Waals surface area contributed by atoms with Crippen molar-refractivity contribution in [3.8, 4) is 0 Å². The Kier molecular flexibility index (Phi) is 7.92. The number of ether oxygens (including phenoxy) is 2. The fraction of sp³-hybridized carbons (Fsp3) is 0.864. The van der Waals surface area contributed by atoms with Crippen LogP contribution < -0.4 is 5.32 Å². The number of esters is 1. The minimum Gasteiger partial charge on any atom is -0.467 e. The van der Waals surface area contributed by atoms with Gasteiger partial charge in [0.1, 0.15) is 17.7 Å². The second-order valence-corrected chi connectivity index (χ2v) is 10.0. The maximum atomic E-state index is 13.7. The van der Waals surface area contributed by atoms with Gasteiger partial charge in [0.05, 0.1) is 7.11 Å². The van der Waals surface area contributed by atoms with Crippen LogP contribution in [0.1, 0.15) is 66.7 Å². The first-order valence-corrected chi connectivity index (χ1v) is 11.0. The number of rotatable bonds is 5. The molecule has 0 aromatic carbocycles. The van der Waals surface area contributed by atoms with Gasteiger partial charge in [-0.25, -0.2) is 18.4 Å². The molecule has 178 valence electrons. The van der Waals surface area contributed by atoms with Crippen LogP contribution in [0.15, 0.2) is 0 Å². The van der Waals surface area contributed by atoms with E-state index in [0.29, 0.717) is 13.0 Å². The quantitative estimate of drug-likeness (QED) is 0.650. The molecule has 1 unspecified atom stereocenters. The Hall–Kier alpha value is -1.93. The highest BCUT2D eigenvalue weighted by Crippen LogP contribution is 2.39.